The van der Waals surface area contributed by atoms with E-state index in [-0.39, 0.29) is 11.7 Å². The summed E-state index contributed by atoms with van der Waals surface area (Å²) in [4.78, 5) is 12.4. The number of hydrogen-bond acceptors (Lipinski definition) is 3. The monoisotopic (exact) mass is 386 g/mol. The van der Waals surface area contributed by atoms with E-state index < -0.39 is 10.0 Å². The zero-order valence-corrected chi connectivity index (χ0v) is 16.6. The molecule has 6 heteroatoms. The van der Waals surface area contributed by atoms with Crippen LogP contribution in [0.5, 0.6) is 0 Å². The molecular weight excluding hydrogens is 360 g/mol. The number of carbonyl (C=O) groups excluding carboxylic acids is 1. The lowest BCUT2D eigenvalue weighted by molar-refractivity contribution is 0.102. The summed E-state index contributed by atoms with van der Waals surface area (Å²) in [7, 11) is -3.27. The Balaban J connectivity index is 1.63. The second kappa shape index (κ2) is 8.23. The smallest absolute Gasteiger partial charge is 0.255 e. The molecule has 144 valence electrons. The van der Waals surface area contributed by atoms with Gasteiger partial charge in [0, 0.05) is 24.3 Å². The molecule has 0 radical (unpaired) electrons. The van der Waals surface area contributed by atoms with Crippen LogP contribution in [-0.2, 0) is 15.8 Å². The van der Waals surface area contributed by atoms with E-state index in [2.05, 4.69) is 19.2 Å². The van der Waals surface area contributed by atoms with E-state index in [4.69, 9.17) is 0 Å². The SMILES string of the molecule is CC(C)c1ccc(NC(=O)c2ccc(CS(=O)(=O)N3CCCC3)cc2)cc1. The van der Waals surface area contributed by atoms with Gasteiger partial charge in [0.25, 0.3) is 5.91 Å². The van der Waals surface area contributed by atoms with E-state index in [1.165, 1.54) is 5.56 Å². The third-order valence-electron chi connectivity index (χ3n) is 4.86. The number of anilines is 1. The van der Waals surface area contributed by atoms with Crippen molar-refractivity contribution in [1.29, 1.82) is 0 Å². The minimum atomic E-state index is -3.27. The molecule has 3 rings (SSSR count). The van der Waals surface area contributed by atoms with Crippen molar-refractivity contribution in [1.82, 2.24) is 4.31 Å². The minimum Gasteiger partial charge on any atom is -0.322 e. The predicted molar refractivity (Wildman–Crippen MR) is 108 cm³/mol. The Labute approximate surface area is 161 Å². The van der Waals surface area contributed by atoms with Crippen LogP contribution in [0.25, 0.3) is 0 Å². The quantitative estimate of drug-likeness (QED) is 0.816. The van der Waals surface area contributed by atoms with Crippen LogP contribution >= 0.6 is 0 Å². The van der Waals surface area contributed by atoms with E-state index in [1.54, 1.807) is 28.6 Å². The van der Waals surface area contributed by atoms with Gasteiger partial charge in [0.1, 0.15) is 0 Å². The van der Waals surface area contributed by atoms with Crippen LogP contribution in [-0.4, -0.2) is 31.7 Å². The number of rotatable bonds is 6. The van der Waals surface area contributed by atoms with Crippen molar-refractivity contribution in [2.75, 3.05) is 18.4 Å². The predicted octanol–water partition coefficient (Wildman–Crippen LogP) is 3.99. The van der Waals surface area contributed by atoms with Gasteiger partial charge in [0.2, 0.25) is 10.0 Å². The van der Waals surface area contributed by atoms with Gasteiger partial charge in [-0.15, -0.1) is 0 Å². The average molecular weight is 387 g/mol. The summed E-state index contributed by atoms with van der Waals surface area (Å²) in [5.74, 6) is 0.214. The molecule has 0 saturated carbocycles. The fourth-order valence-corrected chi connectivity index (χ4v) is 4.79. The van der Waals surface area contributed by atoms with Crippen molar-refractivity contribution < 1.29 is 13.2 Å². The lowest BCUT2D eigenvalue weighted by Crippen LogP contribution is -2.29. The number of hydrogen-bond donors (Lipinski definition) is 1. The van der Waals surface area contributed by atoms with Gasteiger partial charge >= 0.3 is 0 Å². The lowest BCUT2D eigenvalue weighted by atomic mass is 10.0. The highest BCUT2D eigenvalue weighted by Gasteiger charge is 2.25. The van der Waals surface area contributed by atoms with Gasteiger partial charge in [-0.05, 0) is 54.2 Å². The molecule has 2 aromatic rings. The van der Waals surface area contributed by atoms with E-state index in [9.17, 15) is 13.2 Å². The molecule has 0 spiro atoms. The molecule has 0 bridgehead atoms. The molecule has 27 heavy (non-hydrogen) atoms. The third kappa shape index (κ3) is 4.96. The Bertz CT molecular complexity index is 882. The summed E-state index contributed by atoms with van der Waals surface area (Å²) in [6.07, 6.45) is 1.85. The molecule has 0 aromatic heterocycles. The van der Waals surface area contributed by atoms with Crippen LogP contribution in [0.1, 0.15) is 54.1 Å². The first-order chi connectivity index (χ1) is 12.8. The fraction of sp³-hybridized carbons (Fsp3) is 0.381. The number of sulfonamides is 1. The maximum atomic E-state index is 12.4. The summed E-state index contributed by atoms with van der Waals surface area (Å²) in [6.45, 7) is 5.47. The Kier molecular flexibility index (Phi) is 5.97. The van der Waals surface area contributed by atoms with Gasteiger partial charge in [-0.2, -0.15) is 0 Å². The van der Waals surface area contributed by atoms with E-state index in [1.807, 2.05) is 24.3 Å². The van der Waals surface area contributed by atoms with Crippen molar-refractivity contribution in [2.24, 2.45) is 0 Å². The molecule has 1 N–H and O–H groups in total. The number of benzene rings is 2. The highest BCUT2D eigenvalue weighted by Crippen LogP contribution is 2.19. The molecular formula is C21H26N2O3S. The van der Waals surface area contributed by atoms with Crippen LogP contribution in [0.3, 0.4) is 0 Å². The van der Waals surface area contributed by atoms with Crippen molar-refractivity contribution in [3.8, 4) is 0 Å². The maximum Gasteiger partial charge on any atom is 0.255 e. The number of nitrogens with one attached hydrogen (secondary N) is 1. The van der Waals surface area contributed by atoms with Gasteiger partial charge < -0.3 is 5.32 Å². The van der Waals surface area contributed by atoms with Crippen molar-refractivity contribution in [2.45, 2.75) is 38.4 Å². The molecule has 5 nitrogen and oxygen atoms in total. The standard InChI is InChI=1S/C21H26N2O3S/c1-16(2)18-9-11-20(12-10-18)22-21(24)19-7-5-17(6-8-19)15-27(25,26)23-13-3-4-14-23/h5-12,16H,3-4,13-15H2,1-2H3,(H,22,24). The van der Waals surface area contributed by atoms with Crippen LogP contribution < -0.4 is 5.32 Å². The zero-order chi connectivity index (χ0) is 19.4. The van der Waals surface area contributed by atoms with Gasteiger partial charge in [-0.1, -0.05) is 38.1 Å². The first kappa shape index (κ1) is 19.6. The van der Waals surface area contributed by atoms with Gasteiger partial charge in [-0.25, -0.2) is 12.7 Å². The van der Waals surface area contributed by atoms with Crippen LogP contribution in [0.2, 0.25) is 0 Å². The lowest BCUT2D eigenvalue weighted by Gasteiger charge is -2.15. The normalized spacial score (nSPS) is 15.2. The van der Waals surface area contributed by atoms with Gasteiger partial charge in [-0.3, -0.25) is 4.79 Å². The Morgan fingerprint density at radius 3 is 2.15 bits per heavy atom. The van der Waals surface area contributed by atoms with Gasteiger partial charge in [0.15, 0.2) is 0 Å². The largest absolute Gasteiger partial charge is 0.322 e. The average Bonchev–Trinajstić information content (AvgIpc) is 3.18. The molecule has 0 atom stereocenters. The first-order valence-corrected chi connectivity index (χ1v) is 10.9. The minimum absolute atomic E-state index is 0.0223. The summed E-state index contributed by atoms with van der Waals surface area (Å²) in [5.41, 5.74) is 3.16. The number of amides is 1. The molecule has 2 aromatic carbocycles. The summed E-state index contributed by atoms with van der Waals surface area (Å²) < 4.78 is 26.3. The van der Waals surface area contributed by atoms with Crippen molar-refractivity contribution in [3.05, 3.63) is 65.2 Å². The highest BCUT2D eigenvalue weighted by atomic mass is 32.2. The molecule has 0 unspecified atom stereocenters. The first-order valence-electron chi connectivity index (χ1n) is 9.33. The second-order valence-corrected chi connectivity index (χ2v) is 9.26. The molecule has 1 heterocycles. The summed E-state index contributed by atoms with van der Waals surface area (Å²) in [6, 6.07) is 14.6. The Hall–Kier alpha value is -2.18. The van der Waals surface area contributed by atoms with Crippen molar-refractivity contribution >= 4 is 21.6 Å². The Morgan fingerprint density at radius 1 is 1.00 bits per heavy atom. The topological polar surface area (TPSA) is 66.5 Å². The van der Waals surface area contributed by atoms with Gasteiger partial charge in [0.05, 0.1) is 5.75 Å². The number of carbonyl (C=O) groups is 1. The third-order valence-corrected chi connectivity index (χ3v) is 6.71. The Morgan fingerprint density at radius 2 is 1.59 bits per heavy atom. The van der Waals surface area contributed by atoms with E-state index >= 15 is 0 Å². The summed E-state index contributed by atoms with van der Waals surface area (Å²) >= 11 is 0. The van der Waals surface area contributed by atoms with Crippen LogP contribution in [0.4, 0.5) is 5.69 Å². The number of nitrogens with zero attached hydrogens (tertiary/aromatic N) is 1. The molecule has 0 aliphatic carbocycles. The molecule has 1 aliphatic heterocycles. The molecule has 1 saturated heterocycles. The zero-order valence-electron chi connectivity index (χ0n) is 15.8. The molecule has 1 fully saturated rings. The van der Waals surface area contributed by atoms with Crippen LogP contribution in [0, 0.1) is 0 Å². The molecule has 1 aliphatic rings. The second-order valence-electron chi connectivity index (χ2n) is 7.29. The fourth-order valence-electron chi connectivity index (χ4n) is 3.18. The molecule has 1 amide bonds. The van der Waals surface area contributed by atoms with Crippen LogP contribution in [0.15, 0.2) is 48.5 Å². The van der Waals surface area contributed by atoms with E-state index in [0.717, 1.165) is 18.5 Å². The maximum absolute atomic E-state index is 12.4. The van der Waals surface area contributed by atoms with Crippen molar-refractivity contribution in [3.63, 3.8) is 0 Å². The highest BCUT2D eigenvalue weighted by molar-refractivity contribution is 7.88. The summed E-state index contributed by atoms with van der Waals surface area (Å²) in [5, 5.41) is 2.87. The van der Waals surface area contributed by atoms with E-state index in [0.29, 0.717) is 30.1 Å².